The minimum Gasteiger partial charge on any atom is -0.495 e. The summed E-state index contributed by atoms with van der Waals surface area (Å²) in [5.74, 6) is -0.487. The lowest BCUT2D eigenvalue weighted by Crippen LogP contribution is -2.17. The Morgan fingerprint density at radius 3 is 2.50 bits per heavy atom. The number of nitrogens with zero attached hydrogens (tertiary/aromatic N) is 2. The van der Waals surface area contributed by atoms with Crippen molar-refractivity contribution in [1.82, 2.24) is 9.38 Å². The zero-order valence-electron chi connectivity index (χ0n) is 17.1. The first-order chi connectivity index (χ1) is 15.2. The van der Waals surface area contributed by atoms with E-state index in [2.05, 4.69) is 15.0 Å². The lowest BCUT2D eigenvalue weighted by molar-refractivity contribution is -0.274. The number of aromatic nitrogens is 2. The van der Waals surface area contributed by atoms with Gasteiger partial charge in [-0.25, -0.2) is 4.98 Å². The van der Waals surface area contributed by atoms with E-state index in [1.165, 1.54) is 19.2 Å². The molecule has 0 aliphatic heterocycles. The lowest BCUT2D eigenvalue weighted by atomic mass is 10.1. The second-order valence-electron chi connectivity index (χ2n) is 7.04. The molecule has 2 aromatic heterocycles. The third-order valence-corrected chi connectivity index (χ3v) is 4.71. The number of carbonyl (C=O) groups excluding carboxylic acids is 1. The molecular formula is C23H18F3N3O3. The van der Waals surface area contributed by atoms with Crippen LogP contribution in [0.1, 0.15) is 15.9 Å². The molecule has 0 unspecified atom stereocenters. The number of halogens is 3. The Balaban J connectivity index is 1.59. The van der Waals surface area contributed by atoms with Crippen molar-refractivity contribution in [3.8, 4) is 22.8 Å². The fourth-order valence-corrected chi connectivity index (χ4v) is 3.19. The molecule has 0 radical (unpaired) electrons. The molecule has 0 aliphatic rings. The first kappa shape index (κ1) is 21.2. The number of benzene rings is 2. The van der Waals surface area contributed by atoms with E-state index in [0.717, 1.165) is 28.9 Å². The van der Waals surface area contributed by atoms with E-state index < -0.39 is 18.0 Å². The van der Waals surface area contributed by atoms with Crippen molar-refractivity contribution >= 4 is 17.2 Å². The van der Waals surface area contributed by atoms with E-state index in [1.54, 1.807) is 12.1 Å². The van der Waals surface area contributed by atoms with Crippen LogP contribution in [-0.2, 0) is 0 Å². The number of amides is 1. The number of methoxy groups -OCH3 is 1. The van der Waals surface area contributed by atoms with Crippen LogP contribution in [-0.4, -0.2) is 28.8 Å². The Hall–Kier alpha value is -4.01. The maximum atomic E-state index is 12.7. The Labute approximate surface area is 181 Å². The van der Waals surface area contributed by atoms with Gasteiger partial charge < -0.3 is 19.2 Å². The Morgan fingerprint density at radius 1 is 1.06 bits per heavy atom. The van der Waals surface area contributed by atoms with Gasteiger partial charge in [-0.2, -0.15) is 0 Å². The van der Waals surface area contributed by atoms with Gasteiger partial charge in [0.05, 0.1) is 18.5 Å². The van der Waals surface area contributed by atoms with Crippen LogP contribution in [0.5, 0.6) is 11.5 Å². The van der Waals surface area contributed by atoms with E-state index in [9.17, 15) is 18.0 Å². The number of imidazole rings is 1. The molecule has 32 heavy (non-hydrogen) atoms. The Kier molecular flexibility index (Phi) is 5.48. The molecule has 1 amide bonds. The summed E-state index contributed by atoms with van der Waals surface area (Å²) in [6.45, 7) is 1.98. The minimum absolute atomic E-state index is 0.162. The average molecular weight is 441 g/mol. The quantitative estimate of drug-likeness (QED) is 0.446. The van der Waals surface area contributed by atoms with Crippen molar-refractivity contribution in [2.24, 2.45) is 0 Å². The number of nitrogens with one attached hydrogen (secondary N) is 1. The summed E-state index contributed by atoms with van der Waals surface area (Å²) in [7, 11) is 1.47. The Bertz CT molecular complexity index is 1280. The van der Waals surface area contributed by atoms with Gasteiger partial charge in [0.25, 0.3) is 5.91 Å². The predicted molar refractivity (Wildman–Crippen MR) is 113 cm³/mol. The summed E-state index contributed by atoms with van der Waals surface area (Å²) in [4.78, 5) is 17.3. The van der Waals surface area contributed by atoms with Gasteiger partial charge in [0.15, 0.2) is 0 Å². The van der Waals surface area contributed by atoms with Crippen LogP contribution in [0.2, 0.25) is 0 Å². The monoisotopic (exact) mass is 441 g/mol. The van der Waals surface area contributed by atoms with Crippen molar-refractivity contribution in [2.45, 2.75) is 13.3 Å². The molecule has 1 N–H and O–H groups in total. The number of carbonyl (C=O) groups is 1. The molecule has 6 nitrogen and oxygen atoms in total. The first-order valence-electron chi connectivity index (χ1n) is 9.53. The van der Waals surface area contributed by atoms with Gasteiger partial charge in [0.2, 0.25) is 0 Å². The molecule has 2 aromatic carbocycles. The van der Waals surface area contributed by atoms with Gasteiger partial charge in [-0.05, 0) is 67.1 Å². The normalized spacial score (nSPS) is 11.4. The van der Waals surface area contributed by atoms with Gasteiger partial charge in [0.1, 0.15) is 17.1 Å². The van der Waals surface area contributed by atoms with Gasteiger partial charge in [-0.1, -0.05) is 0 Å². The molecule has 0 aliphatic carbocycles. The number of pyridine rings is 1. The van der Waals surface area contributed by atoms with Crippen molar-refractivity contribution in [1.29, 1.82) is 0 Å². The predicted octanol–water partition coefficient (Wildman–Crippen LogP) is 5.47. The van der Waals surface area contributed by atoms with Crippen molar-refractivity contribution in [2.75, 3.05) is 12.4 Å². The zero-order valence-corrected chi connectivity index (χ0v) is 17.1. The Morgan fingerprint density at radius 2 is 1.81 bits per heavy atom. The summed E-state index contributed by atoms with van der Waals surface area (Å²) in [5.41, 5.74) is 3.92. The fourth-order valence-electron chi connectivity index (χ4n) is 3.19. The highest BCUT2D eigenvalue weighted by Crippen LogP contribution is 2.31. The number of hydrogen-bond donors (Lipinski definition) is 1. The third kappa shape index (κ3) is 4.66. The summed E-state index contributed by atoms with van der Waals surface area (Å²) >= 11 is 0. The van der Waals surface area contributed by atoms with Gasteiger partial charge in [-0.15, -0.1) is 13.2 Å². The molecule has 0 saturated heterocycles. The van der Waals surface area contributed by atoms with Crippen LogP contribution in [0.25, 0.3) is 16.9 Å². The molecule has 2 heterocycles. The smallest absolute Gasteiger partial charge is 0.495 e. The maximum absolute atomic E-state index is 12.7. The van der Waals surface area contributed by atoms with Crippen molar-refractivity contribution in [3.63, 3.8) is 0 Å². The summed E-state index contributed by atoms with van der Waals surface area (Å²) < 4.78 is 48.0. The molecule has 4 aromatic rings. The maximum Gasteiger partial charge on any atom is 0.573 e. The van der Waals surface area contributed by atoms with Crippen molar-refractivity contribution < 1.29 is 27.4 Å². The number of hydrogen-bond acceptors (Lipinski definition) is 4. The largest absolute Gasteiger partial charge is 0.573 e. The van der Waals surface area contributed by atoms with E-state index >= 15 is 0 Å². The SMILES string of the molecule is COc1ccc(-c2cn3ccc(C)cc3n2)cc1NC(=O)c1ccc(OC(F)(F)F)cc1. The van der Waals surface area contributed by atoms with Crippen LogP contribution < -0.4 is 14.8 Å². The number of alkyl halides is 3. The minimum atomic E-state index is -4.80. The number of rotatable bonds is 5. The second-order valence-corrected chi connectivity index (χ2v) is 7.04. The number of anilines is 1. The van der Waals surface area contributed by atoms with E-state index in [1.807, 2.05) is 41.9 Å². The molecule has 0 fully saturated rings. The van der Waals surface area contributed by atoms with Crippen LogP contribution in [0, 0.1) is 6.92 Å². The van der Waals surface area contributed by atoms with Crippen LogP contribution in [0.15, 0.2) is 67.0 Å². The van der Waals surface area contributed by atoms with Gasteiger partial charge in [-0.3, -0.25) is 4.79 Å². The molecular weight excluding hydrogens is 423 g/mol. The molecule has 0 atom stereocenters. The molecule has 164 valence electrons. The third-order valence-electron chi connectivity index (χ3n) is 4.71. The van der Waals surface area contributed by atoms with E-state index in [0.29, 0.717) is 17.1 Å². The van der Waals surface area contributed by atoms with Gasteiger partial charge >= 0.3 is 6.36 Å². The lowest BCUT2D eigenvalue weighted by Gasteiger charge is -2.12. The molecule has 0 spiro atoms. The molecule has 0 bridgehead atoms. The van der Waals surface area contributed by atoms with Crippen LogP contribution >= 0.6 is 0 Å². The first-order valence-corrected chi connectivity index (χ1v) is 9.53. The number of ether oxygens (including phenoxy) is 2. The van der Waals surface area contributed by atoms with E-state index in [-0.39, 0.29) is 5.56 Å². The van der Waals surface area contributed by atoms with E-state index in [4.69, 9.17) is 4.74 Å². The van der Waals surface area contributed by atoms with Crippen molar-refractivity contribution in [3.05, 3.63) is 78.1 Å². The topological polar surface area (TPSA) is 64.9 Å². The zero-order chi connectivity index (χ0) is 22.9. The molecule has 9 heteroatoms. The summed E-state index contributed by atoms with van der Waals surface area (Å²) in [5, 5.41) is 2.74. The molecule has 0 saturated carbocycles. The summed E-state index contributed by atoms with van der Waals surface area (Å²) in [6.07, 6.45) is -1.00. The number of aryl methyl sites for hydroxylation is 1. The average Bonchev–Trinajstić information content (AvgIpc) is 3.16. The highest BCUT2D eigenvalue weighted by Gasteiger charge is 2.31. The van der Waals surface area contributed by atoms with Crippen LogP contribution in [0.3, 0.4) is 0 Å². The highest BCUT2D eigenvalue weighted by atomic mass is 19.4. The van der Waals surface area contributed by atoms with Gasteiger partial charge in [0, 0.05) is 23.5 Å². The molecule has 4 rings (SSSR count). The standard InChI is InChI=1S/C23H18F3N3O3/c1-14-9-10-29-13-19(27-21(29)11-14)16-5-8-20(31-2)18(12-16)28-22(30)15-3-6-17(7-4-15)32-23(24,25)26/h3-13H,1-2H3,(H,28,30). The summed E-state index contributed by atoms with van der Waals surface area (Å²) in [6, 6.07) is 13.8. The fraction of sp³-hybridized carbons (Fsp3) is 0.130. The van der Waals surface area contributed by atoms with Crippen LogP contribution in [0.4, 0.5) is 18.9 Å². The highest BCUT2D eigenvalue weighted by molar-refractivity contribution is 6.05. The number of fused-ring (bicyclic) bond motifs is 1. The second kappa shape index (κ2) is 8.26.